The number of thiazole rings is 1. The molecule has 0 saturated heterocycles. The Morgan fingerprint density at radius 1 is 1.10 bits per heavy atom. The van der Waals surface area contributed by atoms with Crippen molar-refractivity contribution in [3.63, 3.8) is 0 Å². The van der Waals surface area contributed by atoms with Crippen molar-refractivity contribution in [2.24, 2.45) is 0 Å². The lowest BCUT2D eigenvalue weighted by Crippen LogP contribution is -2.12. The first-order chi connectivity index (χ1) is 15.0. The van der Waals surface area contributed by atoms with Crippen molar-refractivity contribution in [2.45, 2.75) is 13.0 Å². The second-order valence-electron chi connectivity index (χ2n) is 6.26. The Kier molecular flexibility index (Phi) is 6.03. The van der Waals surface area contributed by atoms with Crippen LogP contribution in [0.1, 0.15) is 11.5 Å². The number of nitrogens with zero attached hydrogens (tertiary/aromatic N) is 5. The van der Waals surface area contributed by atoms with Crippen molar-refractivity contribution in [3.8, 4) is 10.7 Å². The summed E-state index contributed by atoms with van der Waals surface area (Å²) in [7, 11) is 0. The van der Waals surface area contributed by atoms with Crippen molar-refractivity contribution in [3.05, 3.63) is 71.4 Å². The molecule has 0 bridgehead atoms. The minimum Gasteiger partial charge on any atom is -0.457 e. The topological polar surface area (TPSA) is 129 Å². The third-order valence-electron chi connectivity index (χ3n) is 3.92. The van der Waals surface area contributed by atoms with E-state index in [0.717, 1.165) is 10.7 Å². The lowest BCUT2D eigenvalue weighted by atomic mass is 10.3. The number of anilines is 3. The quantitative estimate of drug-likeness (QED) is 0.419. The number of halogens is 1. The maximum absolute atomic E-state index is 13.0. The van der Waals surface area contributed by atoms with Gasteiger partial charge in [0.05, 0.1) is 17.8 Å². The Hall–Kier alpha value is -3.99. The van der Waals surface area contributed by atoms with Gasteiger partial charge in [0.2, 0.25) is 11.9 Å². The number of carbonyl (C=O) groups excluding carboxylic acids is 1. The van der Waals surface area contributed by atoms with Gasteiger partial charge in [0.1, 0.15) is 10.8 Å². The van der Waals surface area contributed by atoms with E-state index in [1.54, 1.807) is 11.6 Å². The average molecular weight is 437 g/mol. The first kappa shape index (κ1) is 20.3. The van der Waals surface area contributed by atoms with Crippen LogP contribution < -0.4 is 11.1 Å². The number of nitrogens with two attached hydrogens (primary N) is 1. The van der Waals surface area contributed by atoms with Gasteiger partial charge in [-0.2, -0.15) is 15.0 Å². The SMILES string of the molecule is Nc1nc(COC(=O)Cc2csc(-c3ccccn3)n2)nc(Nc2ccc(F)cc2)n1. The average Bonchev–Trinajstić information content (AvgIpc) is 3.23. The molecule has 0 aliphatic carbocycles. The van der Waals surface area contributed by atoms with E-state index < -0.39 is 5.97 Å². The smallest absolute Gasteiger partial charge is 0.312 e. The normalized spacial score (nSPS) is 10.6. The Labute approximate surface area is 180 Å². The van der Waals surface area contributed by atoms with Gasteiger partial charge < -0.3 is 15.8 Å². The molecular weight excluding hydrogens is 421 g/mol. The molecule has 0 atom stereocenters. The van der Waals surface area contributed by atoms with Gasteiger partial charge in [0.15, 0.2) is 12.4 Å². The van der Waals surface area contributed by atoms with Crippen molar-refractivity contribution in [1.29, 1.82) is 0 Å². The maximum atomic E-state index is 13.0. The number of pyridine rings is 1. The zero-order valence-corrected chi connectivity index (χ0v) is 16.8. The molecule has 0 spiro atoms. The fourth-order valence-electron chi connectivity index (χ4n) is 2.56. The monoisotopic (exact) mass is 437 g/mol. The Balaban J connectivity index is 1.35. The summed E-state index contributed by atoms with van der Waals surface area (Å²) in [6.45, 7) is -0.180. The van der Waals surface area contributed by atoms with Gasteiger partial charge in [0.25, 0.3) is 0 Å². The number of rotatable bonds is 7. The largest absolute Gasteiger partial charge is 0.457 e. The summed E-state index contributed by atoms with van der Waals surface area (Å²) in [4.78, 5) is 33.0. The van der Waals surface area contributed by atoms with Gasteiger partial charge in [-0.25, -0.2) is 9.37 Å². The molecule has 0 amide bonds. The Morgan fingerprint density at radius 2 is 1.94 bits per heavy atom. The van der Waals surface area contributed by atoms with Gasteiger partial charge in [0, 0.05) is 17.3 Å². The zero-order valence-electron chi connectivity index (χ0n) is 16.0. The van der Waals surface area contributed by atoms with Crippen LogP contribution in [0.2, 0.25) is 0 Å². The van der Waals surface area contributed by atoms with E-state index in [0.29, 0.717) is 11.4 Å². The number of nitrogens with one attached hydrogen (secondary N) is 1. The number of nitrogen functional groups attached to an aromatic ring is 1. The molecule has 1 aromatic carbocycles. The molecule has 4 aromatic rings. The van der Waals surface area contributed by atoms with Crippen molar-refractivity contribution in [1.82, 2.24) is 24.9 Å². The third-order valence-corrected chi connectivity index (χ3v) is 4.84. The molecule has 0 radical (unpaired) electrons. The van der Waals surface area contributed by atoms with E-state index in [4.69, 9.17) is 10.5 Å². The van der Waals surface area contributed by atoms with Crippen molar-refractivity contribution in [2.75, 3.05) is 11.1 Å². The highest BCUT2D eigenvalue weighted by molar-refractivity contribution is 7.13. The van der Waals surface area contributed by atoms with Crippen LogP contribution in [0, 0.1) is 5.82 Å². The van der Waals surface area contributed by atoms with Crippen molar-refractivity contribution < 1.29 is 13.9 Å². The van der Waals surface area contributed by atoms with Crippen LogP contribution in [-0.2, 0) is 22.6 Å². The number of hydrogen-bond acceptors (Lipinski definition) is 10. The predicted molar refractivity (Wildman–Crippen MR) is 113 cm³/mol. The molecule has 31 heavy (non-hydrogen) atoms. The zero-order chi connectivity index (χ0) is 21.6. The number of esters is 1. The minimum atomic E-state index is -0.482. The van der Waals surface area contributed by atoms with E-state index in [1.165, 1.54) is 35.6 Å². The fourth-order valence-corrected chi connectivity index (χ4v) is 3.35. The molecule has 4 rings (SSSR count). The second-order valence-corrected chi connectivity index (χ2v) is 7.12. The summed E-state index contributed by atoms with van der Waals surface area (Å²) in [6, 6.07) is 11.2. The molecule has 0 fully saturated rings. The lowest BCUT2D eigenvalue weighted by molar-refractivity contribution is -0.144. The Morgan fingerprint density at radius 3 is 2.71 bits per heavy atom. The first-order valence-electron chi connectivity index (χ1n) is 9.09. The van der Waals surface area contributed by atoms with Gasteiger partial charge in [-0.05, 0) is 36.4 Å². The molecule has 3 aromatic heterocycles. The van der Waals surface area contributed by atoms with E-state index in [1.807, 2.05) is 18.2 Å². The fraction of sp³-hybridized carbons (Fsp3) is 0.100. The van der Waals surface area contributed by atoms with Crippen LogP contribution in [0.25, 0.3) is 10.7 Å². The molecule has 3 N–H and O–H groups in total. The van der Waals surface area contributed by atoms with Gasteiger partial charge in [-0.3, -0.25) is 9.78 Å². The molecule has 3 heterocycles. The number of aromatic nitrogens is 5. The summed E-state index contributed by atoms with van der Waals surface area (Å²) < 4.78 is 18.3. The molecule has 11 heteroatoms. The van der Waals surface area contributed by atoms with Crippen LogP contribution in [0.5, 0.6) is 0 Å². The van der Waals surface area contributed by atoms with Crippen LogP contribution >= 0.6 is 11.3 Å². The van der Waals surface area contributed by atoms with Gasteiger partial charge >= 0.3 is 5.97 Å². The number of ether oxygens (including phenoxy) is 1. The predicted octanol–water partition coefficient (Wildman–Crippen LogP) is 3.14. The first-order valence-corrected chi connectivity index (χ1v) is 9.97. The molecule has 0 saturated carbocycles. The molecular formula is C20H16FN7O2S. The van der Waals surface area contributed by atoms with E-state index in [-0.39, 0.29) is 36.6 Å². The van der Waals surface area contributed by atoms with Crippen LogP contribution in [0.4, 0.5) is 22.0 Å². The lowest BCUT2D eigenvalue weighted by Gasteiger charge is -2.08. The van der Waals surface area contributed by atoms with Crippen LogP contribution in [0.15, 0.2) is 54.0 Å². The molecule has 156 valence electrons. The van der Waals surface area contributed by atoms with E-state index in [9.17, 15) is 9.18 Å². The van der Waals surface area contributed by atoms with Crippen LogP contribution in [-0.4, -0.2) is 30.9 Å². The van der Waals surface area contributed by atoms with Crippen LogP contribution in [0.3, 0.4) is 0 Å². The highest BCUT2D eigenvalue weighted by atomic mass is 32.1. The van der Waals surface area contributed by atoms with E-state index >= 15 is 0 Å². The standard InChI is InChI=1S/C20H16FN7O2S/c21-12-4-6-13(7-5-12)25-20-27-16(26-19(22)28-20)10-30-17(29)9-14-11-31-18(24-14)15-3-1-2-8-23-15/h1-8,11H,9-10H2,(H3,22,25,26,27,28). The molecule has 9 nitrogen and oxygen atoms in total. The number of hydrogen-bond donors (Lipinski definition) is 2. The van der Waals surface area contributed by atoms with Crippen molar-refractivity contribution >= 4 is 34.9 Å². The van der Waals surface area contributed by atoms with E-state index in [2.05, 4.69) is 30.2 Å². The maximum Gasteiger partial charge on any atom is 0.312 e. The molecule has 0 unspecified atom stereocenters. The second kappa shape index (κ2) is 9.22. The Bertz CT molecular complexity index is 1190. The summed E-state index contributed by atoms with van der Waals surface area (Å²) >= 11 is 1.40. The highest BCUT2D eigenvalue weighted by Gasteiger charge is 2.13. The number of carbonyl (C=O) groups is 1. The minimum absolute atomic E-state index is 0.00455. The molecule has 0 aliphatic heterocycles. The summed E-state index contributed by atoms with van der Waals surface area (Å²) in [5.74, 6) is -0.543. The van der Waals surface area contributed by atoms with Gasteiger partial charge in [-0.1, -0.05) is 6.07 Å². The van der Waals surface area contributed by atoms with Gasteiger partial charge in [-0.15, -0.1) is 11.3 Å². The third kappa shape index (κ3) is 5.54. The molecule has 0 aliphatic rings. The highest BCUT2D eigenvalue weighted by Crippen LogP contribution is 2.21. The summed E-state index contributed by atoms with van der Waals surface area (Å²) in [5, 5.41) is 5.41. The summed E-state index contributed by atoms with van der Waals surface area (Å²) in [5.41, 5.74) is 7.61. The number of benzene rings is 1. The summed E-state index contributed by atoms with van der Waals surface area (Å²) in [6.07, 6.45) is 1.69.